The average Bonchev–Trinajstić information content (AvgIpc) is 1.91. The molecule has 0 N–H and O–H groups in total. The molecule has 0 amide bonds. The predicted molar refractivity (Wildman–Crippen MR) is 33.9 cm³/mol. The van der Waals surface area contributed by atoms with E-state index < -0.39 is 33.3 Å². The Kier molecular flexibility index (Phi) is 5.08. The molecule has 0 saturated carbocycles. The first kappa shape index (κ1) is 17.5. The van der Waals surface area contributed by atoms with Gasteiger partial charge in [0.25, 0.3) is 0 Å². The minimum absolute atomic E-state index is 2.29. The first-order valence-electron chi connectivity index (χ1n) is 3.48. The monoisotopic (exact) mass is 316 g/mol. The van der Waals surface area contributed by atoms with Crippen LogP contribution in [0.1, 0.15) is 0 Å². The molecular formula is C4H2F9O4P. The lowest BCUT2D eigenvalue weighted by Gasteiger charge is -2.20. The molecule has 0 bridgehead atoms. The minimum atomic E-state index is -6.53. The van der Waals surface area contributed by atoms with E-state index in [0.717, 1.165) is 0 Å². The molecule has 0 aliphatic rings. The molecule has 0 rings (SSSR count). The van der Waals surface area contributed by atoms with Crippen molar-refractivity contribution in [2.75, 3.05) is 6.61 Å². The Morgan fingerprint density at radius 3 is 1.33 bits per heavy atom. The van der Waals surface area contributed by atoms with Crippen molar-refractivity contribution in [3.63, 3.8) is 0 Å². The highest BCUT2D eigenvalue weighted by atomic mass is 31.2. The molecule has 18 heavy (non-hydrogen) atoms. The summed E-state index contributed by atoms with van der Waals surface area (Å²) in [7, 11) is -6.53. The number of hydrogen-bond acceptors (Lipinski definition) is 4. The number of alkyl halides is 9. The van der Waals surface area contributed by atoms with E-state index in [4.69, 9.17) is 0 Å². The van der Waals surface area contributed by atoms with E-state index in [1.807, 2.05) is 0 Å². The van der Waals surface area contributed by atoms with Crippen molar-refractivity contribution in [3.8, 4) is 0 Å². The van der Waals surface area contributed by atoms with Crippen molar-refractivity contribution in [3.05, 3.63) is 0 Å². The molecule has 0 radical (unpaired) electrons. The molecule has 0 atom stereocenters. The number of hydrogen-bond donors (Lipinski definition) is 0. The summed E-state index contributed by atoms with van der Waals surface area (Å²) in [6.45, 7) is -2.68. The van der Waals surface area contributed by atoms with Gasteiger partial charge in [0.2, 0.25) is 0 Å². The minimum Gasteiger partial charge on any atom is -0.277 e. The van der Waals surface area contributed by atoms with Crippen LogP contribution in [0, 0.1) is 0 Å². The molecule has 0 saturated heterocycles. The highest BCUT2D eigenvalue weighted by Gasteiger charge is 2.51. The standard InChI is InChI=1S/C4H2F9O4P/c5-2(6,7)1-15-18(14,16-3(8,9)10)17-4(11,12)13/h1H2. The lowest BCUT2D eigenvalue weighted by atomic mass is 10.7. The number of halogens is 9. The quantitative estimate of drug-likeness (QED) is 0.585. The fourth-order valence-corrected chi connectivity index (χ4v) is 1.43. The van der Waals surface area contributed by atoms with Gasteiger partial charge >= 0.3 is 26.7 Å². The summed E-state index contributed by atoms with van der Waals surface area (Å²) in [6, 6.07) is 0. The molecule has 14 heteroatoms. The SMILES string of the molecule is O=P(OCC(F)(F)F)(OC(F)(F)F)OC(F)(F)F. The van der Waals surface area contributed by atoms with E-state index in [1.165, 1.54) is 0 Å². The average molecular weight is 316 g/mol. The Balaban J connectivity index is 4.88. The smallest absolute Gasteiger partial charge is 0.277 e. The Morgan fingerprint density at radius 2 is 1.11 bits per heavy atom. The third-order valence-corrected chi connectivity index (χ3v) is 2.12. The van der Waals surface area contributed by atoms with Crippen LogP contribution in [-0.4, -0.2) is 25.5 Å². The summed E-state index contributed by atoms with van der Waals surface area (Å²) >= 11 is 0. The molecule has 0 aliphatic heterocycles. The molecule has 0 aromatic carbocycles. The zero-order valence-electron chi connectivity index (χ0n) is 7.69. The molecule has 0 aromatic rings. The zero-order chi connectivity index (χ0) is 14.8. The maximum atomic E-state index is 11.5. The third kappa shape index (κ3) is 9.50. The van der Waals surface area contributed by atoms with Gasteiger partial charge in [-0.2, -0.15) is 22.2 Å². The van der Waals surface area contributed by atoms with Gasteiger partial charge in [-0.3, -0.25) is 4.52 Å². The molecule has 0 spiro atoms. The van der Waals surface area contributed by atoms with Crippen molar-refractivity contribution >= 4 is 7.82 Å². The van der Waals surface area contributed by atoms with Gasteiger partial charge in [-0.25, -0.2) is 4.57 Å². The zero-order valence-corrected chi connectivity index (χ0v) is 8.58. The highest BCUT2D eigenvalue weighted by molar-refractivity contribution is 7.48. The summed E-state index contributed by atoms with van der Waals surface area (Å²) in [6.07, 6.45) is -17.2. The fraction of sp³-hybridized carbons (Fsp3) is 1.00. The molecular weight excluding hydrogens is 314 g/mol. The second-order valence-electron chi connectivity index (χ2n) is 2.41. The summed E-state index contributed by atoms with van der Waals surface area (Å²) in [5.41, 5.74) is 0. The van der Waals surface area contributed by atoms with Gasteiger partial charge in [-0.05, 0) is 0 Å². The highest BCUT2D eigenvalue weighted by Crippen LogP contribution is 2.57. The van der Waals surface area contributed by atoms with Crippen LogP contribution >= 0.6 is 7.82 Å². The van der Waals surface area contributed by atoms with Crippen molar-refractivity contribution in [1.82, 2.24) is 0 Å². The van der Waals surface area contributed by atoms with Crippen molar-refractivity contribution in [2.45, 2.75) is 18.9 Å². The van der Waals surface area contributed by atoms with E-state index >= 15 is 0 Å². The lowest BCUT2D eigenvalue weighted by Crippen LogP contribution is -2.23. The normalized spacial score (nSPS) is 14.9. The predicted octanol–water partition coefficient (Wildman–Crippen LogP) is 3.75. The van der Waals surface area contributed by atoms with Crippen LogP contribution in [0.4, 0.5) is 39.5 Å². The summed E-state index contributed by atoms with van der Waals surface area (Å²) in [5, 5.41) is 0. The van der Waals surface area contributed by atoms with Crippen molar-refractivity contribution < 1.29 is 57.7 Å². The lowest BCUT2D eigenvalue weighted by molar-refractivity contribution is -0.317. The topological polar surface area (TPSA) is 44.8 Å². The molecule has 0 heterocycles. The third-order valence-electron chi connectivity index (χ3n) is 0.817. The first-order chi connectivity index (χ1) is 7.62. The molecule has 0 unspecified atom stereocenters. The van der Waals surface area contributed by atoms with Gasteiger partial charge in [0.1, 0.15) is 0 Å². The summed E-state index contributed by atoms with van der Waals surface area (Å²) in [4.78, 5) is 0. The molecule has 4 nitrogen and oxygen atoms in total. The molecule has 0 aromatic heterocycles. The van der Waals surface area contributed by atoms with Gasteiger partial charge in [-0.1, -0.05) is 0 Å². The van der Waals surface area contributed by atoms with Crippen LogP contribution in [0.3, 0.4) is 0 Å². The molecule has 0 aliphatic carbocycles. The number of phosphoric ester groups is 1. The second kappa shape index (κ2) is 5.23. The van der Waals surface area contributed by atoms with Crippen LogP contribution in [0.5, 0.6) is 0 Å². The summed E-state index contributed by atoms with van der Waals surface area (Å²) < 4.78 is 122. The van der Waals surface area contributed by atoms with E-state index in [0.29, 0.717) is 0 Å². The molecule has 0 fully saturated rings. The Labute approximate surface area is 92.2 Å². The van der Waals surface area contributed by atoms with E-state index in [1.54, 1.807) is 0 Å². The van der Waals surface area contributed by atoms with Gasteiger partial charge in [0, 0.05) is 0 Å². The molecule has 110 valence electrons. The van der Waals surface area contributed by atoms with E-state index in [2.05, 4.69) is 13.6 Å². The maximum absolute atomic E-state index is 11.5. The number of phosphoric acid groups is 1. The van der Waals surface area contributed by atoms with Crippen LogP contribution in [0.15, 0.2) is 0 Å². The first-order valence-corrected chi connectivity index (χ1v) is 4.94. The van der Waals surface area contributed by atoms with Crippen molar-refractivity contribution in [1.29, 1.82) is 0 Å². The van der Waals surface area contributed by atoms with Crippen LogP contribution < -0.4 is 0 Å². The van der Waals surface area contributed by atoms with Gasteiger partial charge in [-0.15, -0.1) is 26.3 Å². The van der Waals surface area contributed by atoms with Gasteiger partial charge in [0.05, 0.1) is 0 Å². The van der Waals surface area contributed by atoms with Gasteiger partial charge < -0.3 is 0 Å². The Hall–Kier alpha value is -0.520. The maximum Gasteiger partial charge on any atom is 0.531 e. The van der Waals surface area contributed by atoms with Crippen molar-refractivity contribution in [2.24, 2.45) is 0 Å². The van der Waals surface area contributed by atoms with Crippen LogP contribution in [0.2, 0.25) is 0 Å². The second-order valence-corrected chi connectivity index (χ2v) is 3.93. The fourth-order valence-electron chi connectivity index (χ4n) is 0.477. The Bertz CT molecular complexity index is 296. The van der Waals surface area contributed by atoms with E-state index in [9.17, 15) is 44.1 Å². The van der Waals surface area contributed by atoms with Crippen LogP contribution in [0.25, 0.3) is 0 Å². The van der Waals surface area contributed by atoms with Crippen LogP contribution in [-0.2, 0) is 18.1 Å². The summed E-state index contributed by atoms with van der Waals surface area (Å²) in [5.74, 6) is 0. The Morgan fingerprint density at radius 1 is 0.778 bits per heavy atom. The number of rotatable bonds is 4. The van der Waals surface area contributed by atoms with E-state index in [-0.39, 0.29) is 0 Å². The van der Waals surface area contributed by atoms with Gasteiger partial charge in [0.15, 0.2) is 6.61 Å². The largest absolute Gasteiger partial charge is 0.531 e.